The Bertz CT molecular complexity index is 664. The topological polar surface area (TPSA) is 43.8 Å². The van der Waals surface area contributed by atoms with Crippen molar-refractivity contribution in [3.05, 3.63) is 35.7 Å². The quantitative estimate of drug-likeness (QED) is 0.869. The van der Waals surface area contributed by atoms with Gasteiger partial charge in [0.15, 0.2) is 0 Å². The minimum Gasteiger partial charge on any atom is -0.383 e. The van der Waals surface area contributed by atoms with Crippen molar-refractivity contribution in [1.29, 1.82) is 0 Å². The second kappa shape index (κ2) is 5.96. The number of alkyl halides is 2. The Labute approximate surface area is 122 Å². The van der Waals surface area contributed by atoms with Crippen LogP contribution in [-0.4, -0.2) is 9.55 Å². The molecule has 0 radical (unpaired) electrons. The molecule has 2 N–H and O–H groups in total. The number of nitrogens with two attached hydrogens (primary N) is 1. The molecule has 1 aromatic heterocycles. The van der Waals surface area contributed by atoms with E-state index < -0.39 is 6.43 Å². The highest BCUT2D eigenvalue weighted by atomic mass is 19.3. The van der Waals surface area contributed by atoms with Gasteiger partial charge in [-0.1, -0.05) is 44.0 Å². The molecule has 0 aliphatic heterocycles. The Morgan fingerprint density at radius 2 is 1.90 bits per heavy atom. The van der Waals surface area contributed by atoms with Crippen LogP contribution in [0.15, 0.2) is 24.3 Å². The van der Waals surface area contributed by atoms with Gasteiger partial charge in [-0.25, -0.2) is 13.8 Å². The maximum atomic E-state index is 12.6. The van der Waals surface area contributed by atoms with Crippen LogP contribution in [0.3, 0.4) is 0 Å². The first-order chi connectivity index (χ1) is 9.95. The fourth-order valence-electron chi connectivity index (χ4n) is 2.18. The molecule has 0 saturated carbocycles. The van der Waals surface area contributed by atoms with Crippen molar-refractivity contribution >= 4 is 5.82 Å². The highest BCUT2D eigenvalue weighted by Gasteiger charge is 2.18. The van der Waals surface area contributed by atoms with Crippen LogP contribution in [0.2, 0.25) is 0 Å². The number of halogens is 2. The predicted molar refractivity (Wildman–Crippen MR) is 80.0 cm³/mol. The summed E-state index contributed by atoms with van der Waals surface area (Å²) in [6.45, 7) is 4.33. The van der Waals surface area contributed by atoms with Gasteiger partial charge in [-0.2, -0.15) is 0 Å². The van der Waals surface area contributed by atoms with E-state index in [4.69, 9.17) is 12.2 Å². The lowest BCUT2D eigenvalue weighted by Crippen LogP contribution is -2.07. The Kier molecular flexibility index (Phi) is 4.27. The third-order valence-corrected chi connectivity index (χ3v) is 3.24. The number of rotatable bonds is 4. The SMILES string of the molecule is C#CCn1c(C(C)C)nc(-c2ccc(C(F)F)cc2)c1N. The van der Waals surface area contributed by atoms with Gasteiger partial charge in [-0.3, -0.25) is 0 Å². The van der Waals surface area contributed by atoms with Gasteiger partial charge in [0.25, 0.3) is 6.43 Å². The average molecular weight is 289 g/mol. The normalized spacial score (nSPS) is 11.1. The van der Waals surface area contributed by atoms with Crippen molar-refractivity contribution in [2.45, 2.75) is 32.7 Å². The summed E-state index contributed by atoms with van der Waals surface area (Å²) in [5.41, 5.74) is 7.37. The molecular weight excluding hydrogens is 272 g/mol. The number of anilines is 1. The monoisotopic (exact) mass is 289 g/mol. The van der Waals surface area contributed by atoms with Crippen molar-refractivity contribution in [1.82, 2.24) is 9.55 Å². The molecule has 1 aromatic carbocycles. The third-order valence-electron chi connectivity index (χ3n) is 3.24. The van der Waals surface area contributed by atoms with Crippen LogP contribution in [0.25, 0.3) is 11.3 Å². The van der Waals surface area contributed by atoms with Crippen LogP contribution >= 0.6 is 0 Å². The van der Waals surface area contributed by atoms with Gasteiger partial charge in [0.05, 0.1) is 6.54 Å². The number of terminal acetylenes is 1. The van der Waals surface area contributed by atoms with Crippen LogP contribution in [-0.2, 0) is 6.54 Å². The van der Waals surface area contributed by atoms with E-state index >= 15 is 0 Å². The van der Waals surface area contributed by atoms with Crippen LogP contribution < -0.4 is 5.73 Å². The number of hydrogen-bond donors (Lipinski definition) is 1. The number of hydrogen-bond acceptors (Lipinski definition) is 2. The second-order valence-corrected chi connectivity index (χ2v) is 5.07. The number of imidazole rings is 1. The number of nitrogens with zero attached hydrogens (tertiary/aromatic N) is 2. The van der Waals surface area contributed by atoms with Gasteiger partial charge in [0, 0.05) is 17.0 Å². The first kappa shape index (κ1) is 15.0. The van der Waals surface area contributed by atoms with Crippen LogP contribution in [0.5, 0.6) is 0 Å². The van der Waals surface area contributed by atoms with Gasteiger partial charge < -0.3 is 10.3 Å². The predicted octanol–water partition coefficient (Wildman–Crippen LogP) is 3.83. The molecule has 0 unspecified atom stereocenters. The van der Waals surface area contributed by atoms with Gasteiger partial charge in [0.1, 0.15) is 17.3 Å². The van der Waals surface area contributed by atoms with Gasteiger partial charge in [-0.15, -0.1) is 6.42 Å². The molecule has 3 nitrogen and oxygen atoms in total. The lowest BCUT2D eigenvalue weighted by molar-refractivity contribution is 0.151. The zero-order chi connectivity index (χ0) is 15.6. The zero-order valence-electron chi connectivity index (χ0n) is 12.0. The molecule has 2 aromatic rings. The summed E-state index contributed by atoms with van der Waals surface area (Å²) >= 11 is 0. The summed E-state index contributed by atoms with van der Waals surface area (Å²) in [6, 6.07) is 5.97. The molecular formula is C16H17F2N3. The smallest absolute Gasteiger partial charge is 0.263 e. The summed E-state index contributed by atoms with van der Waals surface area (Å²) in [5.74, 6) is 3.96. The second-order valence-electron chi connectivity index (χ2n) is 5.07. The fourth-order valence-corrected chi connectivity index (χ4v) is 2.18. The van der Waals surface area contributed by atoms with Gasteiger partial charge in [-0.05, 0) is 0 Å². The largest absolute Gasteiger partial charge is 0.383 e. The molecule has 1 heterocycles. The van der Waals surface area contributed by atoms with E-state index in [1.165, 1.54) is 12.1 Å². The zero-order valence-corrected chi connectivity index (χ0v) is 12.0. The maximum Gasteiger partial charge on any atom is 0.263 e. The summed E-state index contributed by atoms with van der Waals surface area (Å²) in [4.78, 5) is 4.53. The standard InChI is InChI=1S/C16H17F2N3/c1-4-9-21-15(19)13(20-16(21)10(2)3)11-5-7-12(8-6-11)14(17)18/h1,5-8,10,14H,9,19H2,2-3H3. The molecule has 0 spiro atoms. The van der Waals surface area contributed by atoms with E-state index in [0.717, 1.165) is 5.82 Å². The lowest BCUT2D eigenvalue weighted by atomic mass is 10.1. The first-order valence-electron chi connectivity index (χ1n) is 6.63. The summed E-state index contributed by atoms with van der Waals surface area (Å²) in [5, 5.41) is 0. The molecule has 0 aliphatic carbocycles. The molecule has 0 aliphatic rings. The van der Waals surface area contributed by atoms with Crippen LogP contribution in [0.1, 0.15) is 37.6 Å². The summed E-state index contributed by atoms with van der Waals surface area (Å²) < 4.78 is 27.0. The molecule has 110 valence electrons. The molecule has 0 amide bonds. The van der Waals surface area contributed by atoms with E-state index in [2.05, 4.69) is 10.9 Å². The Balaban J connectivity index is 2.49. The van der Waals surface area contributed by atoms with E-state index in [1.807, 2.05) is 13.8 Å². The van der Waals surface area contributed by atoms with Crippen molar-refractivity contribution < 1.29 is 8.78 Å². The molecule has 0 saturated heterocycles. The molecule has 0 bridgehead atoms. The highest BCUT2D eigenvalue weighted by Crippen LogP contribution is 2.30. The highest BCUT2D eigenvalue weighted by molar-refractivity contribution is 5.71. The van der Waals surface area contributed by atoms with Crippen molar-refractivity contribution in [2.24, 2.45) is 0 Å². The summed E-state index contributed by atoms with van der Waals surface area (Å²) in [7, 11) is 0. The molecule has 5 heteroatoms. The van der Waals surface area contributed by atoms with Gasteiger partial charge in [0.2, 0.25) is 0 Å². The molecule has 21 heavy (non-hydrogen) atoms. The molecule has 0 fully saturated rings. The van der Waals surface area contributed by atoms with Crippen molar-refractivity contribution in [3.8, 4) is 23.6 Å². The average Bonchev–Trinajstić information content (AvgIpc) is 2.77. The van der Waals surface area contributed by atoms with Crippen LogP contribution in [0.4, 0.5) is 14.6 Å². The number of benzene rings is 1. The Hall–Kier alpha value is -2.35. The van der Waals surface area contributed by atoms with E-state index in [0.29, 0.717) is 23.6 Å². The van der Waals surface area contributed by atoms with Gasteiger partial charge >= 0.3 is 0 Å². The number of nitrogen functional groups attached to an aromatic ring is 1. The van der Waals surface area contributed by atoms with E-state index in [-0.39, 0.29) is 11.5 Å². The summed E-state index contributed by atoms with van der Waals surface area (Å²) in [6.07, 6.45) is 2.88. The molecule has 2 rings (SSSR count). The number of aromatic nitrogens is 2. The minimum atomic E-state index is -2.48. The molecule has 0 atom stereocenters. The Morgan fingerprint density at radius 1 is 1.29 bits per heavy atom. The minimum absolute atomic E-state index is 0.0236. The maximum absolute atomic E-state index is 12.6. The van der Waals surface area contributed by atoms with Crippen molar-refractivity contribution in [2.75, 3.05) is 5.73 Å². The van der Waals surface area contributed by atoms with E-state index in [9.17, 15) is 8.78 Å². The lowest BCUT2D eigenvalue weighted by Gasteiger charge is -2.08. The van der Waals surface area contributed by atoms with Crippen LogP contribution in [0, 0.1) is 12.3 Å². The first-order valence-corrected chi connectivity index (χ1v) is 6.63. The van der Waals surface area contributed by atoms with Crippen molar-refractivity contribution in [3.63, 3.8) is 0 Å². The van der Waals surface area contributed by atoms with E-state index in [1.54, 1.807) is 16.7 Å². The Morgan fingerprint density at radius 3 is 2.38 bits per heavy atom. The fraction of sp³-hybridized carbons (Fsp3) is 0.312. The third kappa shape index (κ3) is 2.89.